The number of sulfonamides is 1. The summed E-state index contributed by atoms with van der Waals surface area (Å²) in [6.45, 7) is 3.01. The molecular weight excluding hydrogens is 561 g/mol. The van der Waals surface area contributed by atoms with Crippen molar-refractivity contribution in [2.24, 2.45) is 22.4 Å². The van der Waals surface area contributed by atoms with E-state index in [4.69, 9.17) is 31.9 Å². The molecule has 1 heterocycles. The highest BCUT2D eigenvalue weighted by atomic mass is 32.2. The van der Waals surface area contributed by atoms with Crippen molar-refractivity contribution in [3.8, 4) is 0 Å². The van der Waals surface area contributed by atoms with E-state index in [0.717, 1.165) is 15.3 Å². The van der Waals surface area contributed by atoms with Crippen molar-refractivity contribution in [3.63, 3.8) is 0 Å². The normalized spacial score (nSPS) is 12.8. The number of carboxylic acids is 1. The summed E-state index contributed by atoms with van der Waals surface area (Å²) in [5.74, 6) is -4.04. The summed E-state index contributed by atoms with van der Waals surface area (Å²) in [6.07, 6.45) is -6.12. The maximum absolute atomic E-state index is 13.2. The Morgan fingerprint density at radius 3 is 2.15 bits per heavy atom. The van der Waals surface area contributed by atoms with Gasteiger partial charge in [-0.05, 0) is 54.0 Å². The fourth-order valence-electron chi connectivity index (χ4n) is 3.38. The number of hydrogen-bond acceptors (Lipinski definition) is 7. The Bertz CT molecular complexity index is 1600. The molecule has 0 saturated carbocycles. The number of halogens is 3. The SMILES string of the molecule is Cc1ccc(NS(=O)(=O)c2ccc3ccccc3c2)c(=O)n1C(C(N)=O)C(C)ON=C(N)N.O=C(O)C(F)(F)F. The average Bonchev–Trinajstić information content (AvgIpc) is 2.86. The Kier molecular flexibility index (Phi) is 9.72. The molecule has 2 atom stereocenters. The third-order valence-electron chi connectivity index (χ3n) is 5.18. The molecule has 1 aromatic heterocycles. The van der Waals surface area contributed by atoms with Gasteiger partial charge in [0.15, 0.2) is 12.1 Å². The topological polar surface area (TPSA) is 222 Å². The van der Waals surface area contributed by atoms with Crippen LogP contribution in [0.3, 0.4) is 0 Å². The lowest BCUT2D eigenvalue weighted by Gasteiger charge is -2.24. The summed E-state index contributed by atoms with van der Waals surface area (Å²) < 4.78 is 61.0. The number of carboxylic acid groups (broad SMARTS) is 1. The number of carbonyl (C=O) groups is 2. The number of rotatable bonds is 8. The fraction of sp³-hybridized carbons (Fsp3) is 0.217. The van der Waals surface area contributed by atoms with Crippen LogP contribution in [-0.4, -0.2) is 48.2 Å². The van der Waals surface area contributed by atoms with Gasteiger partial charge in [-0.2, -0.15) is 13.2 Å². The smallest absolute Gasteiger partial charge is 0.475 e. The summed E-state index contributed by atoms with van der Waals surface area (Å²) >= 11 is 0. The van der Waals surface area contributed by atoms with Gasteiger partial charge < -0.3 is 27.1 Å². The third kappa shape index (κ3) is 7.85. The van der Waals surface area contributed by atoms with Crippen LogP contribution in [0.1, 0.15) is 18.7 Å². The van der Waals surface area contributed by atoms with Crippen LogP contribution in [0.4, 0.5) is 18.9 Å². The molecule has 13 nitrogen and oxygen atoms in total. The van der Waals surface area contributed by atoms with E-state index in [1.807, 2.05) is 12.1 Å². The number of pyridine rings is 1. The number of carbonyl (C=O) groups excluding carboxylic acids is 1. The number of amides is 1. The van der Waals surface area contributed by atoms with E-state index in [-0.39, 0.29) is 16.5 Å². The van der Waals surface area contributed by atoms with Gasteiger partial charge in [0.1, 0.15) is 5.69 Å². The minimum absolute atomic E-state index is 0.0244. The number of nitrogens with two attached hydrogens (primary N) is 3. The Labute approximate surface area is 225 Å². The van der Waals surface area contributed by atoms with E-state index in [0.29, 0.717) is 5.69 Å². The molecular formula is C23H25F3N6O7S. The molecule has 2 aromatic carbocycles. The second kappa shape index (κ2) is 12.4. The number of aliphatic carboxylic acids is 1. The number of nitrogens with one attached hydrogen (secondary N) is 1. The fourth-order valence-corrected chi connectivity index (χ4v) is 4.47. The molecule has 17 heteroatoms. The zero-order valence-electron chi connectivity index (χ0n) is 20.9. The first kappa shape index (κ1) is 31.4. The van der Waals surface area contributed by atoms with Crippen molar-refractivity contribution in [1.29, 1.82) is 0 Å². The van der Waals surface area contributed by atoms with E-state index in [9.17, 15) is 31.2 Å². The van der Waals surface area contributed by atoms with Gasteiger partial charge >= 0.3 is 12.1 Å². The number of hydrogen-bond donors (Lipinski definition) is 5. The summed E-state index contributed by atoms with van der Waals surface area (Å²) in [5, 5.41) is 12.1. The van der Waals surface area contributed by atoms with Gasteiger partial charge in [0.2, 0.25) is 11.9 Å². The molecule has 0 radical (unpaired) electrons. The van der Waals surface area contributed by atoms with Gasteiger partial charge in [0, 0.05) is 5.69 Å². The molecule has 0 spiro atoms. The van der Waals surface area contributed by atoms with Crippen molar-refractivity contribution in [1.82, 2.24) is 4.57 Å². The Hall–Kier alpha value is -4.80. The first-order chi connectivity index (χ1) is 18.5. The molecule has 0 saturated heterocycles. The monoisotopic (exact) mass is 586 g/mol. The first-order valence-corrected chi connectivity index (χ1v) is 12.5. The molecule has 2 unspecified atom stereocenters. The predicted octanol–water partition coefficient (Wildman–Crippen LogP) is 1.36. The number of guanidine groups is 1. The van der Waals surface area contributed by atoms with Crippen LogP contribution in [0.15, 0.2) is 69.4 Å². The number of oxime groups is 1. The highest BCUT2D eigenvalue weighted by Crippen LogP contribution is 2.22. The van der Waals surface area contributed by atoms with Crippen LogP contribution in [0.5, 0.6) is 0 Å². The zero-order valence-corrected chi connectivity index (χ0v) is 21.7. The lowest BCUT2D eigenvalue weighted by atomic mass is 10.1. The van der Waals surface area contributed by atoms with Crippen molar-refractivity contribution in [3.05, 3.63) is 70.6 Å². The molecule has 0 aliphatic rings. The molecule has 3 aromatic rings. The molecule has 0 aliphatic heterocycles. The molecule has 0 bridgehead atoms. The van der Waals surface area contributed by atoms with Crippen LogP contribution in [0.25, 0.3) is 10.8 Å². The second-order valence-electron chi connectivity index (χ2n) is 8.15. The van der Waals surface area contributed by atoms with Crippen LogP contribution >= 0.6 is 0 Å². The number of aromatic nitrogens is 1. The first-order valence-electron chi connectivity index (χ1n) is 11.0. The lowest BCUT2D eigenvalue weighted by Crippen LogP contribution is -2.42. The summed E-state index contributed by atoms with van der Waals surface area (Å²) in [5.41, 5.74) is 15.3. The number of anilines is 1. The summed E-state index contributed by atoms with van der Waals surface area (Å²) in [4.78, 5) is 39.3. The molecule has 3 rings (SSSR count). The molecule has 216 valence electrons. The van der Waals surface area contributed by atoms with Gasteiger partial charge in [0.25, 0.3) is 15.6 Å². The minimum Gasteiger partial charge on any atom is -0.475 e. The Morgan fingerprint density at radius 2 is 1.62 bits per heavy atom. The molecule has 1 amide bonds. The van der Waals surface area contributed by atoms with E-state index < -0.39 is 45.8 Å². The van der Waals surface area contributed by atoms with Crippen molar-refractivity contribution < 1.29 is 41.1 Å². The second-order valence-corrected chi connectivity index (χ2v) is 9.84. The Morgan fingerprint density at radius 1 is 1.05 bits per heavy atom. The van der Waals surface area contributed by atoms with Gasteiger partial charge in [-0.15, -0.1) is 0 Å². The number of nitrogens with zero attached hydrogens (tertiary/aromatic N) is 2. The van der Waals surface area contributed by atoms with Gasteiger partial charge in [0.05, 0.1) is 4.90 Å². The predicted molar refractivity (Wildman–Crippen MR) is 138 cm³/mol. The number of benzene rings is 2. The van der Waals surface area contributed by atoms with E-state index in [2.05, 4.69) is 9.88 Å². The molecule has 0 fully saturated rings. The number of alkyl halides is 3. The van der Waals surface area contributed by atoms with Gasteiger partial charge in [-0.1, -0.05) is 30.3 Å². The summed E-state index contributed by atoms with van der Waals surface area (Å²) in [7, 11) is -4.11. The maximum atomic E-state index is 13.2. The molecule has 8 N–H and O–H groups in total. The van der Waals surface area contributed by atoms with E-state index in [1.54, 1.807) is 25.1 Å². The van der Waals surface area contributed by atoms with E-state index >= 15 is 0 Å². The number of primary amides is 1. The number of fused-ring (bicyclic) bond motifs is 1. The maximum Gasteiger partial charge on any atom is 0.490 e. The highest BCUT2D eigenvalue weighted by Gasteiger charge is 2.38. The lowest BCUT2D eigenvalue weighted by molar-refractivity contribution is -0.192. The van der Waals surface area contributed by atoms with Crippen LogP contribution in [0, 0.1) is 6.92 Å². The van der Waals surface area contributed by atoms with Crippen molar-refractivity contribution >= 4 is 44.3 Å². The average molecular weight is 587 g/mol. The summed E-state index contributed by atoms with van der Waals surface area (Å²) in [6, 6.07) is 13.4. The highest BCUT2D eigenvalue weighted by molar-refractivity contribution is 7.92. The molecule has 40 heavy (non-hydrogen) atoms. The van der Waals surface area contributed by atoms with Crippen LogP contribution in [0.2, 0.25) is 0 Å². The minimum atomic E-state index is -5.08. The van der Waals surface area contributed by atoms with Crippen molar-refractivity contribution in [2.75, 3.05) is 4.72 Å². The largest absolute Gasteiger partial charge is 0.490 e. The van der Waals surface area contributed by atoms with Crippen LogP contribution < -0.4 is 27.5 Å². The molecule has 0 aliphatic carbocycles. The van der Waals surface area contributed by atoms with E-state index in [1.165, 1.54) is 31.2 Å². The zero-order chi connectivity index (χ0) is 30.4. The third-order valence-corrected chi connectivity index (χ3v) is 6.54. The van der Waals surface area contributed by atoms with Crippen molar-refractivity contribution in [2.45, 2.75) is 37.1 Å². The number of aryl methyl sites for hydroxylation is 1. The van der Waals surface area contributed by atoms with Gasteiger partial charge in [-0.3, -0.25) is 18.9 Å². The van der Waals surface area contributed by atoms with Gasteiger partial charge in [-0.25, -0.2) is 13.2 Å². The quantitative estimate of drug-likeness (QED) is 0.146. The standard InChI is InChI=1S/C21H24N6O5S.C2HF3O2/c1-12-7-10-17(20(29)27(12)18(19(22)28)13(2)32-25-21(23)24)26-33(30,31)16-9-8-14-5-3-4-6-15(14)11-16;3-2(4,5)1(6)7/h3-11,13,18,26H,1-2H3,(H2,22,28)(H4,23,24,25);(H,6,7). The Balaban J connectivity index is 0.000000708. The van der Waals surface area contributed by atoms with Crippen LogP contribution in [-0.2, 0) is 24.4 Å².